The van der Waals surface area contributed by atoms with E-state index >= 15 is 0 Å². The molecule has 2 aromatic heterocycles. The molecule has 0 atom stereocenters. The van der Waals surface area contributed by atoms with Gasteiger partial charge in [-0.15, -0.1) is 15.3 Å². The standard InChI is InChI=1S/C17H11ClFN5O2S/c1-26-11-5-2-9(3-6-11)15(25)20-16-23-24-14(21-22-17(24)27-16)10-4-7-13(19)12(18)8-10/h2-8H,1H3,(H,20,23,25). The Labute approximate surface area is 161 Å². The number of carbonyl (C=O) groups is 1. The number of anilines is 1. The highest BCUT2D eigenvalue weighted by atomic mass is 35.5. The van der Waals surface area contributed by atoms with E-state index in [2.05, 4.69) is 20.6 Å². The van der Waals surface area contributed by atoms with Crippen LogP contribution in [0, 0.1) is 5.82 Å². The molecule has 0 unspecified atom stereocenters. The minimum atomic E-state index is -0.521. The molecule has 1 amide bonds. The molecule has 0 fully saturated rings. The lowest BCUT2D eigenvalue weighted by atomic mass is 10.2. The Morgan fingerprint density at radius 3 is 2.70 bits per heavy atom. The van der Waals surface area contributed by atoms with E-state index in [1.54, 1.807) is 31.4 Å². The van der Waals surface area contributed by atoms with Crippen LogP contribution in [0.25, 0.3) is 16.3 Å². The van der Waals surface area contributed by atoms with Crippen LogP contribution in [-0.4, -0.2) is 32.8 Å². The molecule has 2 aromatic carbocycles. The smallest absolute Gasteiger partial charge is 0.257 e. The van der Waals surface area contributed by atoms with Crippen LogP contribution in [0.3, 0.4) is 0 Å². The number of rotatable bonds is 4. The molecule has 0 saturated heterocycles. The lowest BCUT2D eigenvalue weighted by Gasteiger charge is -2.03. The van der Waals surface area contributed by atoms with Gasteiger partial charge in [-0.2, -0.15) is 4.52 Å². The number of benzene rings is 2. The van der Waals surface area contributed by atoms with Crippen LogP contribution in [0.4, 0.5) is 9.52 Å². The summed E-state index contributed by atoms with van der Waals surface area (Å²) in [5, 5.41) is 15.5. The average molecular weight is 404 g/mol. The Balaban J connectivity index is 1.61. The molecule has 27 heavy (non-hydrogen) atoms. The Morgan fingerprint density at radius 2 is 2.00 bits per heavy atom. The Hall–Kier alpha value is -3.04. The fourth-order valence-electron chi connectivity index (χ4n) is 2.39. The molecular weight excluding hydrogens is 393 g/mol. The average Bonchev–Trinajstić information content (AvgIpc) is 3.24. The topological polar surface area (TPSA) is 81.4 Å². The number of nitrogens with zero attached hydrogens (tertiary/aromatic N) is 4. The maximum Gasteiger partial charge on any atom is 0.257 e. The molecule has 136 valence electrons. The number of nitrogens with one attached hydrogen (secondary N) is 1. The highest BCUT2D eigenvalue weighted by Crippen LogP contribution is 2.27. The molecule has 4 aromatic rings. The van der Waals surface area contributed by atoms with Gasteiger partial charge in [0.25, 0.3) is 5.91 Å². The summed E-state index contributed by atoms with van der Waals surface area (Å²) >= 11 is 6.99. The summed E-state index contributed by atoms with van der Waals surface area (Å²) < 4.78 is 19.9. The lowest BCUT2D eigenvalue weighted by molar-refractivity contribution is 0.102. The monoisotopic (exact) mass is 403 g/mol. The predicted molar refractivity (Wildman–Crippen MR) is 100 cm³/mol. The number of ether oxygens (including phenoxy) is 1. The van der Waals surface area contributed by atoms with Crippen molar-refractivity contribution in [1.82, 2.24) is 19.8 Å². The zero-order valence-electron chi connectivity index (χ0n) is 13.8. The third-order valence-corrected chi connectivity index (χ3v) is 4.85. The molecule has 0 radical (unpaired) electrons. The van der Waals surface area contributed by atoms with Crippen LogP contribution in [0.1, 0.15) is 10.4 Å². The van der Waals surface area contributed by atoms with Crippen molar-refractivity contribution in [2.24, 2.45) is 0 Å². The number of carbonyl (C=O) groups excluding carboxylic acids is 1. The summed E-state index contributed by atoms with van der Waals surface area (Å²) in [5.41, 5.74) is 1.03. The number of hydrogen-bond acceptors (Lipinski definition) is 6. The van der Waals surface area contributed by atoms with Gasteiger partial charge in [-0.1, -0.05) is 22.9 Å². The first-order valence-electron chi connectivity index (χ1n) is 7.68. The molecular formula is C17H11ClFN5O2S. The largest absolute Gasteiger partial charge is 0.497 e. The lowest BCUT2D eigenvalue weighted by Crippen LogP contribution is -2.11. The van der Waals surface area contributed by atoms with Crippen molar-refractivity contribution in [3.05, 3.63) is 58.9 Å². The number of fused-ring (bicyclic) bond motifs is 1. The van der Waals surface area contributed by atoms with Crippen LogP contribution < -0.4 is 10.1 Å². The summed E-state index contributed by atoms with van der Waals surface area (Å²) in [6.07, 6.45) is 0. The van der Waals surface area contributed by atoms with Gasteiger partial charge in [0.1, 0.15) is 11.6 Å². The van der Waals surface area contributed by atoms with Crippen molar-refractivity contribution in [3.8, 4) is 17.1 Å². The second kappa shape index (κ2) is 6.93. The first-order valence-corrected chi connectivity index (χ1v) is 8.87. The van der Waals surface area contributed by atoms with Gasteiger partial charge >= 0.3 is 0 Å². The van der Waals surface area contributed by atoms with E-state index in [9.17, 15) is 9.18 Å². The van der Waals surface area contributed by atoms with Gasteiger partial charge in [0.05, 0.1) is 12.1 Å². The summed E-state index contributed by atoms with van der Waals surface area (Å²) in [6, 6.07) is 10.9. The van der Waals surface area contributed by atoms with Crippen molar-refractivity contribution in [2.45, 2.75) is 0 Å². The molecule has 2 heterocycles. The third-order valence-electron chi connectivity index (χ3n) is 3.74. The van der Waals surface area contributed by atoms with E-state index in [0.717, 1.165) is 0 Å². The van der Waals surface area contributed by atoms with E-state index in [4.69, 9.17) is 16.3 Å². The SMILES string of the molecule is COc1ccc(C(=O)Nc2nn3c(-c4ccc(F)c(Cl)c4)nnc3s2)cc1. The second-order valence-electron chi connectivity index (χ2n) is 5.44. The van der Waals surface area contributed by atoms with Crippen LogP contribution in [0.15, 0.2) is 42.5 Å². The Bertz CT molecular complexity index is 1140. The van der Waals surface area contributed by atoms with Crippen molar-refractivity contribution < 1.29 is 13.9 Å². The third kappa shape index (κ3) is 3.34. The zero-order chi connectivity index (χ0) is 19.0. The molecule has 10 heteroatoms. The van der Waals surface area contributed by atoms with E-state index in [1.807, 2.05) is 0 Å². The van der Waals surface area contributed by atoms with Gasteiger partial charge in [-0.25, -0.2) is 4.39 Å². The molecule has 0 aliphatic carbocycles. The normalized spacial score (nSPS) is 10.9. The fraction of sp³-hybridized carbons (Fsp3) is 0.0588. The number of hydrogen-bond donors (Lipinski definition) is 1. The van der Waals surface area contributed by atoms with Gasteiger partial charge in [0.2, 0.25) is 10.1 Å². The first-order chi connectivity index (χ1) is 13.0. The van der Waals surface area contributed by atoms with Gasteiger partial charge in [0.15, 0.2) is 5.82 Å². The first kappa shape index (κ1) is 17.4. The summed E-state index contributed by atoms with van der Waals surface area (Å²) in [6.45, 7) is 0. The van der Waals surface area contributed by atoms with Crippen molar-refractivity contribution in [1.29, 1.82) is 0 Å². The minimum Gasteiger partial charge on any atom is -0.497 e. The quantitative estimate of drug-likeness (QED) is 0.558. The van der Waals surface area contributed by atoms with Gasteiger partial charge in [-0.3, -0.25) is 10.1 Å². The predicted octanol–water partition coefficient (Wildman–Crippen LogP) is 3.91. The zero-order valence-corrected chi connectivity index (χ0v) is 15.4. The highest BCUT2D eigenvalue weighted by Gasteiger charge is 2.16. The minimum absolute atomic E-state index is 0.0208. The number of halogens is 2. The molecule has 0 aliphatic rings. The van der Waals surface area contributed by atoms with Gasteiger partial charge in [0, 0.05) is 11.1 Å². The highest BCUT2D eigenvalue weighted by molar-refractivity contribution is 7.20. The van der Waals surface area contributed by atoms with Crippen molar-refractivity contribution >= 4 is 38.9 Å². The second-order valence-corrected chi connectivity index (χ2v) is 6.80. The number of amides is 1. The Kier molecular flexibility index (Phi) is 4.46. The molecule has 0 aliphatic heterocycles. The Morgan fingerprint density at radius 1 is 1.22 bits per heavy atom. The number of aromatic nitrogens is 4. The molecule has 0 spiro atoms. The molecule has 4 rings (SSSR count). The maximum atomic E-state index is 13.4. The van der Waals surface area contributed by atoms with E-state index in [0.29, 0.717) is 32.8 Å². The summed E-state index contributed by atoms with van der Waals surface area (Å²) in [4.78, 5) is 12.8. The van der Waals surface area contributed by atoms with Crippen LogP contribution in [-0.2, 0) is 0 Å². The molecule has 1 N–H and O–H groups in total. The van der Waals surface area contributed by atoms with E-state index in [1.165, 1.54) is 34.1 Å². The fourth-order valence-corrected chi connectivity index (χ4v) is 3.31. The maximum absolute atomic E-state index is 13.4. The van der Waals surface area contributed by atoms with Gasteiger partial charge in [-0.05, 0) is 42.5 Å². The van der Waals surface area contributed by atoms with Crippen molar-refractivity contribution in [3.63, 3.8) is 0 Å². The summed E-state index contributed by atoms with van der Waals surface area (Å²) in [5.74, 6) is 0.224. The van der Waals surface area contributed by atoms with Crippen LogP contribution >= 0.6 is 22.9 Å². The van der Waals surface area contributed by atoms with Gasteiger partial charge < -0.3 is 4.74 Å². The van der Waals surface area contributed by atoms with E-state index < -0.39 is 5.82 Å². The molecule has 0 saturated carbocycles. The van der Waals surface area contributed by atoms with Crippen molar-refractivity contribution in [2.75, 3.05) is 12.4 Å². The number of methoxy groups -OCH3 is 1. The molecule has 7 nitrogen and oxygen atoms in total. The van der Waals surface area contributed by atoms with E-state index in [-0.39, 0.29) is 10.9 Å². The molecule has 0 bridgehead atoms. The summed E-state index contributed by atoms with van der Waals surface area (Å²) in [7, 11) is 1.56. The van der Waals surface area contributed by atoms with Crippen LogP contribution in [0.5, 0.6) is 5.75 Å². The van der Waals surface area contributed by atoms with Crippen LogP contribution in [0.2, 0.25) is 5.02 Å².